The number of amides is 1. The second kappa shape index (κ2) is 8.86. The van der Waals surface area contributed by atoms with E-state index in [1.807, 2.05) is 19.1 Å². The van der Waals surface area contributed by atoms with Crippen LogP contribution in [0, 0.1) is 0 Å². The van der Waals surface area contributed by atoms with Crippen LogP contribution >= 0.6 is 0 Å². The maximum atomic E-state index is 12.1. The fourth-order valence-electron chi connectivity index (χ4n) is 2.56. The molecule has 144 valence electrons. The molecule has 0 heterocycles. The van der Waals surface area contributed by atoms with Crippen molar-refractivity contribution in [2.75, 3.05) is 11.0 Å². The average Bonchev–Trinajstić information content (AvgIpc) is 2.60. The van der Waals surface area contributed by atoms with Crippen LogP contribution in [0.25, 0.3) is 6.08 Å². The smallest absolute Gasteiger partial charge is 0.244 e. The molecular formula is C21H26N2O3S. The highest BCUT2D eigenvalue weighted by molar-refractivity contribution is 7.92. The van der Waals surface area contributed by atoms with Gasteiger partial charge in [0.25, 0.3) is 0 Å². The third kappa shape index (κ3) is 6.90. The van der Waals surface area contributed by atoms with Crippen molar-refractivity contribution in [3.05, 3.63) is 71.3 Å². The number of sulfonamides is 1. The van der Waals surface area contributed by atoms with E-state index in [1.165, 1.54) is 11.6 Å². The number of nitrogens with one attached hydrogen (secondary N) is 2. The van der Waals surface area contributed by atoms with Gasteiger partial charge in [-0.3, -0.25) is 9.52 Å². The monoisotopic (exact) mass is 386 g/mol. The molecule has 0 aliphatic carbocycles. The Balaban J connectivity index is 1.94. The van der Waals surface area contributed by atoms with Crippen LogP contribution in [0.2, 0.25) is 0 Å². The number of hydrogen-bond acceptors (Lipinski definition) is 3. The number of benzene rings is 2. The van der Waals surface area contributed by atoms with E-state index >= 15 is 0 Å². The van der Waals surface area contributed by atoms with Gasteiger partial charge in [0.1, 0.15) is 0 Å². The normalized spacial score (nSPS) is 12.9. The Labute approximate surface area is 161 Å². The molecule has 2 aromatic carbocycles. The standard InChI is InChI=1S/C21H26N2O3S/c1-15(2)18-8-10-19(11-9-18)16(3)22-21(24)14-7-17-5-12-20(13-6-17)23-27(4,25)26/h5-16,23H,1-4H3,(H,22,24)/b14-7+. The highest BCUT2D eigenvalue weighted by Crippen LogP contribution is 2.18. The van der Waals surface area contributed by atoms with Crippen LogP contribution < -0.4 is 10.0 Å². The highest BCUT2D eigenvalue weighted by Gasteiger charge is 2.08. The van der Waals surface area contributed by atoms with Crippen molar-refractivity contribution in [3.8, 4) is 0 Å². The molecule has 5 nitrogen and oxygen atoms in total. The quantitative estimate of drug-likeness (QED) is 0.704. The molecular weight excluding hydrogens is 360 g/mol. The van der Waals surface area contributed by atoms with E-state index < -0.39 is 10.0 Å². The molecule has 0 saturated carbocycles. The van der Waals surface area contributed by atoms with E-state index in [0.717, 1.165) is 17.4 Å². The van der Waals surface area contributed by atoms with Crippen molar-refractivity contribution in [2.45, 2.75) is 32.7 Å². The van der Waals surface area contributed by atoms with E-state index in [1.54, 1.807) is 30.3 Å². The molecule has 0 aromatic heterocycles. The lowest BCUT2D eigenvalue weighted by atomic mass is 9.99. The van der Waals surface area contributed by atoms with Crippen molar-refractivity contribution >= 4 is 27.7 Å². The second-order valence-corrected chi connectivity index (χ2v) is 8.63. The van der Waals surface area contributed by atoms with E-state index in [4.69, 9.17) is 0 Å². The predicted octanol–water partition coefficient (Wildman–Crippen LogP) is 4.07. The second-order valence-electron chi connectivity index (χ2n) is 6.88. The Morgan fingerprint density at radius 3 is 2.00 bits per heavy atom. The van der Waals surface area contributed by atoms with E-state index in [2.05, 4.69) is 36.0 Å². The molecule has 0 aliphatic rings. The minimum atomic E-state index is -3.30. The van der Waals surface area contributed by atoms with E-state index in [0.29, 0.717) is 11.6 Å². The predicted molar refractivity (Wildman–Crippen MR) is 111 cm³/mol. The van der Waals surface area contributed by atoms with Gasteiger partial charge in [-0.25, -0.2) is 8.42 Å². The zero-order valence-corrected chi connectivity index (χ0v) is 16.9. The zero-order chi connectivity index (χ0) is 20.0. The first-order chi connectivity index (χ1) is 12.6. The molecule has 0 radical (unpaired) electrons. The average molecular weight is 387 g/mol. The van der Waals surface area contributed by atoms with Gasteiger partial charge in [0.2, 0.25) is 15.9 Å². The highest BCUT2D eigenvalue weighted by atomic mass is 32.2. The summed E-state index contributed by atoms with van der Waals surface area (Å²) in [4.78, 5) is 12.1. The summed E-state index contributed by atoms with van der Waals surface area (Å²) in [5.41, 5.74) is 3.61. The summed E-state index contributed by atoms with van der Waals surface area (Å²) < 4.78 is 24.8. The van der Waals surface area contributed by atoms with Crippen LogP contribution in [0.4, 0.5) is 5.69 Å². The van der Waals surface area contributed by atoms with Gasteiger partial charge >= 0.3 is 0 Å². The first-order valence-corrected chi connectivity index (χ1v) is 10.7. The molecule has 2 rings (SSSR count). The van der Waals surface area contributed by atoms with Crippen molar-refractivity contribution < 1.29 is 13.2 Å². The first kappa shape index (κ1) is 20.7. The molecule has 6 heteroatoms. The lowest BCUT2D eigenvalue weighted by Crippen LogP contribution is -2.24. The minimum absolute atomic E-state index is 0.0929. The number of rotatable bonds is 7. The Kier molecular flexibility index (Phi) is 6.80. The van der Waals surface area contributed by atoms with E-state index in [-0.39, 0.29) is 11.9 Å². The van der Waals surface area contributed by atoms with Crippen LogP contribution in [0.1, 0.15) is 49.4 Å². The van der Waals surface area contributed by atoms with Gasteiger partial charge in [-0.1, -0.05) is 50.2 Å². The van der Waals surface area contributed by atoms with Gasteiger partial charge in [-0.2, -0.15) is 0 Å². The summed E-state index contributed by atoms with van der Waals surface area (Å²) in [5, 5.41) is 2.94. The maximum Gasteiger partial charge on any atom is 0.244 e. The molecule has 0 aliphatic heterocycles. The van der Waals surface area contributed by atoms with Gasteiger partial charge in [0, 0.05) is 11.8 Å². The summed E-state index contributed by atoms with van der Waals surface area (Å²) in [6, 6.07) is 14.9. The Morgan fingerprint density at radius 1 is 0.926 bits per heavy atom. The van der Waals surface area contributed by atoms with Crippen molar-refractivity contribution in [3.63, 3.8) is 0 Å². The minimum Gasteiger partial charge on any atom is -0.346 e. The Bertz CT molecular complexity index is 899. The zero-order valence-electron chi connectivity index (χ0n) is 16.1. The molecule has 0 bridgehead atoms. The van der Waals surface area contributed by atoms with Gasteiger partial charge in [0.05, 0.1) is 12.3 Å². The lowest BCUT2D eigenvalue weighted by Gasteiger charge is -2.14. The largest absolute Gasteiger partial charge is 0.346 e. The Morgan fingerprint density at radius 2 is 1.48 bits per heavy atom. The summed E-state index contributed by atoms with van der Waals surface area (Å²) in [6.07, 6.45) is 4.26. The summed E-state index contributed by atoms with van der Waals surface area (Å²) in [5.74, 6) is 0.291. The lowest BCUT2D eigenvalue weighted by molar-refractivity contribution is -0.117. The SMILES string of the molecule is CC(C)c1ccc(C(C)NC(=O)/C=C/c2ccc(NS(C)(=O)=O)cc2)cc1. The maximum absolute atomic E-state index is 12.1. The molecule has 0 saturated heterocycles. The molecule has 1 atom stereocenters. The fraction of sp³-hybridized carbons (Fsp3) is 0.286. The molecule has 2 N–H and O–H groups in total. The van der Waals surface area contributed by atoms with Gasteiger partial charge in [-0.05, 0) is 47.7 Å². The third-order valence-corrected chi connectivity index (χ3v) is 4.71. The molecule has 0 fully saturated rings. The number of carbonyl (C=O) groups is 1. The topological polar surface area (TPSA) is 75.3 Å². The van der Waals surface area contributed by atoms with E-state index in [9.17, 15) is 13.2 Å². The van der Waals surface area contributed by atoms with Crippen molar-refractivity contribution in [1.82, 2.24) is 5.32 Å². The summed E-state index contributed by atoms with van der Waals surface area (Å²) >= 11 is 0. The number of carbonyl (C=O) groups excluding carboxylic acids is 1. The summed E-state index contributed by atoms with van der Waals surface area (Å²) in [6.45, 7) is 6.24. The molecule has 1 amide bonds. The fourth-order valence-corrected chi connectivity index (χ4v) is 3.13. The van der Waals surface area contributed by atoms with Crippen molar-refractivity contribution in [2.24, 2.45) is 0 Å². The van der Waals surface area contributed by atoms with Crippen LogP contribution in [-0.4, -0.2) is 20.6 Å². The Hall–Kier alpha value is -2.60. The van der Waals surface area contributed by atoms with Crippen LogP contribution in [0.5, 0.6) is 0 Å². The molecule has 1 unspecified atom stereocenters. The number of anilines is 1. The third-order valence-electron chi connectivity index (χ3n) is 4.10. The van der Waals surface area contributed by atoms with Crippen molar-refractivity contribution in [1.29, 1.82) is 0 Å². The van der Waals surface area contributed by atoms with Gasteiger partial charge in [-0.15, -0.1) is 0 Å². The summed E-state index contributed by atoms with van der Waals surface area (Å²) in [7, 11) is -3.30. The molecule has 0 spiro atoms. The van der Waals surface area contributed by atoms with Crippen LogP contribution in [0.3, 0.4) is 0 Å². The van der Waals surface area contributed by atoms with Crippen LogP contribution in [-0.2, 0) is 14.8 Å². The first-order valence-electron chi connectivity index (χ1n) is 8.80. The molecule has 27 heavy (non-hydrogen) atoms. The van der Waals surface area contributed by atoms with Crippen LogP contribution in [0.15, 0.2) is 54.6 Å². The number of hydrogen-bond donors (Lipinski definition) is 2. The molecule has 2 aromatic rings. The van der Waals surface area contributed by atoms with Gasteiger partial charge < -0.3 is 5.32 Å². The van der Waals surface area contributed by atoms with Gasteiger partial charge in [0.15, 0.2) is 0 Å².